The Morgan fingerprint density at radius 2 is 1.64 bits per heavy atom. The summed E-state index contributed by atoms with van der Waals surface area (Å²) in [6.07, 6.45) is 3.12. The number of ether oxygens (including phenoxy) is 1. The zero-order valence-corrected chi connectivity index (χ0v) is 12.7. The molecule has 1 aliphatic rings. The van der Waals surface area contributed by atoms with Gasteiger partial charge in [-0.1, -0.05) is 30.3 Å². The highest BCUT2D eigenvalue weighted by Gasteiger charge is 2.19. The van der Waals surface area contributed by atoms with Crippen LogP contribution in [0.15, 0.2) is 54.6 Å². The van der Waals surface area contributed by atoms with E-state index in [1.165, 1.54) is 5.56 Å². The van der Waals surface area contributed by atoms with Crippen molar-refractivity contribution in [2.45, 2.75) is 19.3 Å². The molecule has 2 aromatic carbocycles. The Labute approximate surface area is 131 Å². The van der Waals surface area contributed by atoms with Crippen LogP contribution in [0.3, 0.4) is 0 Å². The van der Waals surface area contributed by atoms with Gasteiger partial charge in [-0.3, -0.25) is 4.79 Å². The topological polar surface area (TPSA) is 29.5 Å². The summed E-state index contributed by atoms with van der Waals surface area (Å²) in [4.78, 5) is 14.2. The fraction of sp³-hybridized carbons (Fsp3) is 0.316. The third-order valence-corrected chi connectivity index (χ3v) is 4.00. The molecular formula is C19H21NO2. The Morgan fingerprint density at radius 1 is 0.955 bits per heavy atom. The van der Waals surface area contributed by atoms with Gasteiger partial charge in [0, 0.05) is 25.1 Å². The van der Waals surface area contributed by atoms with E-state index in [1.54, 1.807) is 0 Å². The van der Waals surface area contributed by atoms with Crippen molar-refractivity contribution >= 4 is 5.91 Å². The van der Waals surface area contributed by atoms with E-state index in [9.17, 15) is 4.79 Å². The molecule has 1 aliphatic heterocycles. The third kappa shape index (κ3) is 3.67. The van der Waals surface area contributed by atoms with Crippen molar-refractivity contribution in [3.8, 4) is 5.75 Å². The lowest BCUT2D eigenvalue weighted by Crippen LogP contribution is -2.27. The van der Waals surface area contributed by atoms with Crippen LogP contribution in [0.2, 0.25) is 0 Å². The average molecular weight is 295 g/mol. The number of amides is 1. The molecule has 1 heterocycles. The Bertz CT molecular complexity index is 601. The summed E-state index contributed by atoms with van der Waals surface area (Å²) in [5.41, 5.74) is 2.01. The summed E-state index contributed by atoms with van der Waals surface area (Å²) in [6.45, 7) is 2.41. The summed E-state index contributed by atoms with van der Waals surface area (Å²) >= 11 is 0. The molecule has 0 bridgehead atoms. The Balaban J connectivity index is 1.52. The number of carbonyl (C=O) groups is 1. The standard InChI is InChI=1S/C19H21NO2/c21-19(20-13-4-5-14-20)17-8-10-18(11-9-17)22-15-12-16-6-2-1-3-7-16/h1-3,6-11H,4-5,12-15H2. The summed E-state index contributed by atoms with van der Waals surface area (Å²) < 4.78 is 5.75. The maximum absolute atomic E-state index is 12.2. The van der Waals surface area contributed by atoms with E-state index in [0.29, 0.717) is 6.61 Å². The molecule has 0 radical (unpaired) electrons. The molecule has 0 spiro atoms. The highest BCUT2D eigenvalue weighted by molar-refractivity contribution is 5.94. The number of likely N-dealkylation sites (tertiary alicyclic amines) is 1. The number of hydrogen-bond donors (Lipinski definition) is 0. The lowest BCUT2D eigenvalue weighted by atomic mass is 10.1. The molecular weight excluding hydrogens is 274 g/mol. The zero-order valence-electron chi connectivity index (χ0n) is 12.7. The zero-order chi connectivity index (χ0) is 15.2. The van der Waals surface area contributed by atoms with Gasteiger partial charge in [-0.15, -0.1) is 0 Å². The van der Waals surface area contributed by atoms with Crippen LogP contribution in [0.5, 0.6) is 5.75 Å². The second-order valence-electron chi connectivity index (χ2n) is 5.61. The van der Waals surface area contributed by atoms with Crippen molar-refractivity contribution in [3.05, 3.63) is 65.7 Å². The van der Waals surface area contributed by atoms with Crippen LogP contribution in [0.1, 0.15) is 28.8 Å². The quantitative estimate of drug-likeness (QED) is 0.844. The first-order valence-corrected chi connectivity index (χ1v) is 7.89. The first kappa shape index (κ1) is 14.6. The van der Waals surface area contributed by atoms with E-state index in [0.717, 1.165) is 43.7 Å². The lowest BCUT2D eigenvalue weighted by molar-refractivity contribution is 0.0793. The lowest BCUT2D eigenvalue weighted by Gasteiger charge is -2.15. The molecule has 3 rings (SSSR count). The number of carbonyl (C=O) groups excluding carboxylic acids is 1. The van der Waals surface area contributed by atoms with Crippen LogP contribution in [0, 0.1) is 0 Å². The van der Waals surface area contributed by atoms with Crippen LogP contribution < -0.4 is 4.74 Å². The highest BCUT2D eigenvalue weighted by Crippen LogP contribution is 2.17. The third-order valence-electron chi connectivity index (χ3n) is 4.00. The van der Waals surface area contributed by atoms with E-state index in [2.05, 4.69) is 12.1 Å². The van der Waals surface area contributed by atoms with Gasteiger partial charge in [0.2, 0.25) is 0 Å². The molecule has 3 nitrogen and oxygen atoms in total. The number of benzene rings is 2. The van der Waals surface area contributed by atoms with Gasteiger partial charge >= 0.3 is 0 Å². The first-order valence-electron chi connectivity index (χ1n) is 7.89. The minimum Gasteiger partial charge on any atom is -0.493 e. The van der Waals surface area contributed by atoms with Crippen LogP contribution in [-0.2, 0) is 6.42 Å². The Hall–Kier alpha value is -2.29. The van der Waals surface area contributed by atoms with Crippen molar-refractivity contribution in [2.24, 2.45) is 0 Å². The SMILES string of the molecule is O=C(c1ccc(OCCc2ccccc2)cc1)N1CCCC1. The normalized spacial score (nSPS) is 14.1. The minimum atomic E-state index is 0.133. The number of nitrogens with zero attached hydrogens (tertiary/aromatic N) is 1. The van der Waals surface area contributed by atoms with E-state index in [1.807, 2.05) is 47.4 Å². The molecule has 2 aromatic rings. The van der Waals surface area contributed by atoms with Crippen molar-refractivity contribution < 1.29 is 9.53 Å². The molecule has 22 heavy (non-hydrogen) atoms. The summed E-state index contributed by atoms with van der Waals surface area (Å²) in [5, 5.41) is 0. The largest absolute Gasteiger partial charge is 0.493 e. The van der Waals surface area contributed by atoms with E-state index in [4.69, 9.17) is 4.74 Å². The average Bonchev–Trinajstić information content (AvgIpc) is 3.10. The maximum atomic E-state index is 12.2. The Morgan fingerprint density at radius 3 is 2.32 bits per heavy atom. The van der Waals surface area contributed by atoms with Gasteiger partial charge in [0.15, 0.2) is 0 Å². The molecule has 0 aliphatic carbocycles. The summed E-state index contributed by atoms with van der Waals surface area (Å²) in [5.74, 6) is 0.947. The van der Waals surface area contributed by atoms with E-state index < -0.39 is 0 Å². The first-order chi connectivity index (χ1) is 10.8. The van der Waals surface area contributed by atoms with Gasteiger partial charge in [-0.05, 0) is 42.7 Å². The van der Waals surface area contributed by atoms with Crippen molar-refractivity contribution in [3.63, 3.8) is 0 Å². The second kappa shape index (κ2) is 7.12. The molecule has 0 unspecified atom stereocenters. The summed E-state index contributed by atoms with van der Waals surface area (Å²) in [6, 6.07) is 17.8. The highest BCUT2D eigenvalue weighted by atomic mass is 16.5. The molecule has 1 fully saturated rings. The molecule has 0 saturated carbocycles. The van der Waals surface area contributed by atoms with Crippen LogP contribution >= 0.6 is 0 Å². The summed E-state index contributed by atoms with van der Waals surface area (Å²) in [7, 11) is 0. The molecule has 3 heteroatoms. The predicted octanol–water partition coefficient (Wildman–Crippen LogP) is 3.54. The van der Waals surface area contributed by atoms with Crippen molar-refractivity contribution in [2.75, 3.05) is 19.7 Å². The minimum absolute atomic E-state index is 0.133. The maximum Gasteiger partial charge on any atom is 0.253 e. The van der Waals surface area contributed by atoms with Gasteiger partial charge in [-0.2, -0.15) is 0 Å². The van der Waals surface area contributed by atoms with Crippen molar-refractivity contribution in [1.29, 1.82) is 0 Å². The van der Waals surface area contributed by atoms with Gasteiger partial charge in [-0.25, -0.2) is 0 Å². The number of rotatable bonds is 5. The molecule has 0 aromatic heterocycles. The smallest absolute Gasteiger partial charge is 0.253 e. The number of hydrogen-bond acceptors (Lipinski definition) is 2. The molecule has 1 saturated heterocycles. The second-order valence-corrected chi connectivity index (χ2v) is 5.61. The predicted molar refractivity (Wildman–Crippen MR) is 87.2 cm³/mol. The molecule has 1 amide bonds. The van der Waals surface area contributed by atoms with Crippen LogP contribution in [0.25, 0.3) is 0 Å². The van der Waals surface area contributed by atoms with Gasteiger partial charge in [0.25, 0.3) is 5.91 Å². The van der Waals surface area contributed by atoms with Crippen LogP contribution in [0.4, 0.5) is 0 Å². The Kier molecular flexibility index (Phi) is 4.74. The molecule has 0 N–H and O–H groups in total. The van der Waals surface area contributed by atoms with Gasteiger partial charge < -0.3 is 9.64 Å². The fourth-order valence-corrected chi connectivity index (χ4v) is 2.73. The monoisotopic (exact) mass is 295 g/mol. The fourth-order valence-electron chi connectivity index (χ4n) is 2.73. The van der Waals surface area contributed by atoms with Gasteiger partial charge in [0.1, 0.15) is 5.75 Å². The van der Waals surface area contributed by atoms with Crippen molar-refractivity contribution in [1.82, 2.24) is 4.90 Å². The van der Waals surface area contributed by atoms with Gasteiger partial charge in [0.05, 0.1) is 6.61 Å². The molecule has 114 valence electrons. The van der Waals surface area contributed by atoms with Crippen LogP contribution in [-0.4, -0.2) is 30.5 Å². The van der Waals surface area contributed by atoms with E-state index >= 15 is 0 Å². The molecule has 0 atom stereocenters. The van der Waals surface area contributed by atoms with E-state index in [-0.39, 0.29) is 5.91 Å².